The number of fused-ring (bicyclic) bond motifs is 4. The first kappa shape index (κ1) is 33.9. The summed E-state index contributed by atoms with van der Waals surface area (Å²) in [7, 11) is -9.38. The number of ketones is 2. The number of nitrogens with zero attached hydrogens (tertiary/aromatic N) is 4. The van der Waals surface area contributed by atoms with Gasteiger partial charge >= 0.3 is 0 Å². The zero-order valence-electron chi connectivity index (χ0n) is 26.1. The van der Waals surface area contributed by atoms with E-state index in [0.29, 0.717) is 0 Å². The molecule has 0 bridgehead atoms. The van der Waals surface area contributed by atoms with E-state index in [0.717, 1.165) is 24.3 Å². The molecule has 52 heavy (non-hydrogen) atoms. The van der Waals surface area contributed by atoms with Crippen molar-refractivity contribution in [1.82, 2.24) is 0 Å². The molecular formula is C34H22N6O10S2. The molecular weight excluding hydrogens is 717 g/mol. The van der Waals surface area contributed by atoms with Gasteiger partial charge in [0.2, 0.25) is 0 Å². The minimum absolute atomic E-state index is 0.0219. The van der Waals surface area contributed by atoms with Crippen LogP contribution in [0.2, 0.25) is 0 Å². The van der Waals surface area contributed by atoms with Crippen molar-refractivity contribution in [3.8, 4) is 11.5 Å². The van der Waals surface area contributed by atoms with Crippen LogP contribution in [-0.2, 0) is 20.2 Å². The number of azo groups is 2. The number of phenols is 2. The summed E-state index contributed by atoms with van der Waals surface area (Å²) in [5.74, 6) is -1.92. The molecule has 6 aromatic carbocycles. The van der Waals surface area contributed by atoms with Gasteiger partial charge in [0.1, 0.15) is 22.9 Å². The maximum atomic E-state index is 13.6. The van der Waals surface area contributed by atoms with Crippen molar-refractivity contribution in [2.75, 3.05) is 11.5 Å². The molecule has 1 aliphatic rings. The summed E-state index contributed by atoms with van der Waals surface area (Å²) in [6, 6.07) is 17.9. The summed E-state index contributed by atoms with van der Waals surface area (Å²) in [5.41, 5.74) is 12.7. The second-order valence-corrected chi connectivity index (χ2v) is 14.4. The number of carbonyl (C=O) groups excluding carboxylic acids is 2. The quantitative estimate of drug-likeness (QED) is 0.0592. The lowest BCUT2D eigenvalue weighted by Gasteiger charge is -2.17. The molecule has 18 heteroatoms. The van der Waals surface area contributed by atoms with Crippen LogP contribution in [0.25, 0.3) is 21.5 Å². The van der Waals surface area contributed by atoms with Crippen LogP contribution in [0.15, 0.2) is 115 Å². The van der Waals surface area contributed by atoms with E-state index in [4.69, 9.17) is 11.5 Å². The van der Waals surface area contributed by atoms with E-state index in [-0.39, 0.29) is 77.9 Å². The maximum Gasteiger partial charge on any atom is 0.294 e. The summed E-state index contributed by atoms with van der Waals surface area (Å²) >= 11 is 0. The van der Waals surface area contributed by atoms with Gasteiger partial charge in [-0.15, -0.1) is 10.2 Å². The summed E-state index contributed by atoms with van der Waals surface area (Å²) < 4.78 is 66.0. The lowest BCUT2D eigenvalue weighted by atomic mass is 9.83. The largest absolute Gasteiger partial charge is 0.507 e. The van der Waals surface area contributed by atoms with E-state index in [1.807, 2.05) is 0 Å². The predicted molar refractivity (Wildman–Crippen MR) is 188 cm³/mol. The van der Waals surface area contributed by atoms with Gasteiger partial charge in [-0.05, 0) is 72.8 Å². The molecule has 0 radical (unpaired) electrons. The van der Waals surface area contributed by atoms with Crippen LogP contribution in [0.5, 0.6) is 11.5 Å². The Balaban J connectivity index is 1.22. The zero-order valence-corrected chi connectivity index (χ0v) is 27.7. The standard InChI is InChI=1S/C34H22N6O10S2/c35-27-7-5-19-23(11-17(13-29(19)41)51(45,46)47)31(27)39-37-15-1-3-21-25(9-15)34(44)22-4-2-16(10-26(22)33(21)43)38-40-32-24-12-18(52(48,49)50)14-30(42)20(24)6-8-28(32)36/h1-14,41-42H,35-36H2,(H,45,46,47)(H,48,49,50). The third-order valence-corrected chi connectivity index (χ3v) is 9.95. The van der Waals surface area contributed by atoms with Crippen molar-refractivity contribution in [2.24, 2.45) is 20.5 Å². The van der Waals surface area contributed by atoms with Crippen LogP contribution in [0.3, 0.4) is 0 Å². The van der Waals surface area contributed by atoms with Gasteiger partial charge in [-0.2, -0.15) is 27.1 Å². The summed E-state index contributed by atoms with van der Waals surface area (Å²) in [5, 5.41) is 37.8. The fourth-order valence-corrected chi connectivity index (χ4v) is 6.82. The van der Waals surface area contributed by atoms with Crippen LogP contribution in [-0.4, -0.2) is 47.7 Å². The number of aromatic hydroxyl groups is 2. The van der Waals surface area contributed by atoms with Gasteiger partial charge in [-0.1, -0.05) is 0 Å². The Hall–Kier alpha value is -6.60. The number of hydrogen-bond donors (Lipinski definition) is 6. The van der Waals surface area contributed by atoms with Crippen molar-refractivity contribution < 1.29 is 45.7 Å². The lowest BCUT2D eigenvalue weighted by molar-refractivity contribution is 0.0979. The molecule has 7 rings (SSSR count). The molecule has 0 aliphatic heterocycles. The van der Waals surface area contributed by atoms with Crippen molar-refractivity contribution in [3.63, 3.8) is 0 Å². The highest BCUT2D eigenvalue weighted by molar-refractivity contribution is 7.86. The van der Waals surface area contributed by atoms with Gasteiger partial charge in [0, 0.05) is 55.9 Å². The molecule has 0 aromatic heterocycles. The van der Waals surface area contributed by atoms with Crippen LogP contribution in [0.4, 0.5) is 34.1 Å². The highest BCUT2D eigenvalue weighted by Gasteiger charge is 2.30. The van der Waals surface area contributed by atoms with Crippen molar-refractivity contribution in [3.05, 3.63) is 107 Å². The first-order valence-electron chi connectivity index (χ1n) is 14.8. The minimum atomic E-state index is -4.69. The molecule has 0 unspecified atom stereocenters. The van der Waals surface area contributed by atoms with E-state index in [1.54, 1.807) is 0 Å². The lowest BCUT2D eigenvalue weighted by Crippen LogP contribution is -2.20. The summed E-state index contributed by atoms with van der Waals surface area (Å²) in [6.07, 6.45) is 0. The molecule has 0 saturated carbocycles. The normalized spacial score (nSPS) is 13.3. The Kier molecular flexibility index (Phi) is 7.83. The van der Waals surface area contributed by atoms with Crippen LogP contribution >= 0.6 is 0 Å². The van der Waals surface area contributed by atoms with Gasteiger partial charge < -0.3 is 21.7 Å². The number of benzene rings is 6. The molecule has 8 N–H and O–H groups in total. The number of anilines is 2. The Morgan fingerprint density at radius 2 is 0.846 bits per heavy atom. The maximum absolute atomic E-state index is 13.6. The van der Waals surface area contributed by atoms with Gasteiger partial charge in [-0.3, -0.25) is 18.7 Å². The molecule has 260 valence electrons. The molecule has 0 atom stereocenters. The Morgan fingerprint density at radius 3 is 1.21 bits per heavy atom. The first-order chi connectivity index (χ1) is 24.5. The smallest absolute Gasteiger partial charge is 0.294 e. The number of hydrogen-bond acceptors (Lipinski definition) is 14. The molecule has 0 spiro atoms. The highest BCUT2D eigenvalue weighted by atomic mass is 32.2. The van der Waals surface area contributed by atoms with Crippen molar-refractivity contribution in [1.29, 1.82) is 0 Å². The second-order valence-electron chi connectivity index (χ2n) is 11.5. The third kappa shape index (κ3) is 5.86. The van der Waals surface area contributed by atoms with Crippen molar-refractivity contribution >= 4 is 87.5 Å². The summed E-state index contributed by atoms with van der Waals surface area (Å²) in [4.78, 5) is 26.0. The number of nitrogen functional groups attached to an aromatic ring is 2. The second kappa shape index (κ2) is 12.0. The fraction of sp³-hybridized carbons (Fsp3) is 0. The number of nitrogens with two attached hydrogens (primary N) is 2. The van der Waals surface area contributed by atoms with Crippen LogP contribution in [0.1, 0.15) is 31.8 Å². The number of phenolic OH excluding ortho intramolecular Hbond substituents is 2. The van der Waals surface area contributed by atoms with Gasteiger partial charge in [0.05, 0.1) is 32.5 Å². The fourth-order valence-electron chi connectivity index (χ4n) is 5.77. The molecule has 1 aliphatic carbocycles. The van der Waals surface area contributed by atoms with E-state index in [9.17, 15) is 45.7 Å². The average molecular weight is 739 g/mol. The van der Waals surface area contributed by atoms with Crippen LogP contribution < -0.4 is 11.5 Å². The van der Waals surface area contributed by atoms with Gasteiger partial charge in [0.15, 0.2) is 11.6 Å². The third-order valence-electron chi connectivity index (χ3n) is 8.29. The molecule has 0 heterocycles. The van der Waals surface area contributed by atoms with E-state index < -0.39 is 53.1 Å². The van der Waals surface area contributed by atoms with Gasteiger partial charge in [0.25, 0.3) is 20.2 Å². The van der Waals surface area contributed by atoms with E-state index >= 15 is 0 Å². The Labute approximate surface area is 292 Å². The monoisotopic (exact) mass is 738 g/mol. The minimum Gasteiger partial charge on any atom is -0.507 e. The zero-order chi connectivity index (χ0) is 37.3. The van der Waals surface area contributed by atoms with E-state index in [1.165, 1.54) is 60.7 Å². The molecule has 16 nitrogen and oxygen atoms in total. The molecule has 0 fully saturated rings. The Bertz CT molecular complexity index is 2690. The first-order valence-corrected chi connectivity index (χ1v) is 17.7. The number of rotatable bonds is 6. The predicted octanol–water partition coefficient (Wildman–Crippen LogP) is 6.67. The Morgan fingerprint density at radius 1 is 0.462 bits per heavy atom. The summed E-state index contributed by atoms with van der Waals surface area (Å²) in [6.45, 7) is 0. The van der Waals surface area contributed by atoms with Crippen LogP contribution in [0, 0.1) is 0 Å². The SMILES string of the molecule is Nc1ccc2c(O)cc(S(=O)(=O)O)cc2c1N=Nc1ccc2c(c1)C(=O)c1ccc(N=Nc3c(N)ccc4c(O)cc(S(=O)(=O)O)cc34)cc1C2=O. The van der Waals surface area contributed by atoms with Crippen molar-refractivity contribution in [2.45, 2.75) is 9.79 Å². The topological polar surface area (TPSA) is 285 Å². The highest BCUT2D eigenvalue weighted by Crippen LogP contribution is 2.41. The van der Waals surface area contributed by atoms with Gasteiger partial charge in [-0.25, -0.2) is 0 Å². The van der Waals surface area contributed by atoms with E-state index in [2.05, 4.69) is 20.5 Å². The molecule has 0 saturated heterocycles. The average Bonchev–Trinajstić information content (AvgIpc) is 3.08. The molecule has 6 aromatic rings. The number of carbonyl (C=O) groups is 2. The molecule has 0 amide bonds.